The zero-order valence-electron chi connectivity index (χ0n) is 23.9. The molecule has 8 aromatic carbocycles. The Labute approximate surface area is 259 Å². The van der Waals surface area contributed by atoms with Gasteiger partial charge in [0.15, 0.2) is 0 Å². The van der Waals surface area contributed by atoms with Gasteiger partial charge in [0.05, 0.1) is 5.69 Å². The van der Waals surface area contributed by atoms with Crippen molar-refractivity contribution in [3.05, 3.63) is 164 Å². The molecule has 9 aromatic rings. The second-order valence-electron chi connectivity index (χ2n) is 11.4. The lowest BCUT2D eigenvalue weighted by Crippen LogP contribution is -2.10. The number of benzene rings is 8. The van der Waals surface area contributed by atoms with E-state index < -0.39 is 0 Å². The topological polar surface area (TPSA) is 3.24 Å². The normalized spacial score (nSPS) is 11.6. The van der Waals surface area contributed by atoms with Crippen LogP contribution in [0.5, 0.6) is 0 Å². The van der Waals surface area contributed by atoms with Crippen molar-refractivity contribution in [2.45, 2.75) is 0 Å². The van der Waals surface area contributed by atoms with E-state index in [1.807, 2.05) is 11.3 Å². The van der Waals surface area contributed by atoms with Gasteiger partial charge in [0.1, 0.15) is 0 Å². The molecular formula is C42H27NS. The Kier molecular flexibility index (Phi) is 5.75. The molecule has 0 N–H and O–H groups in total. The summed E-state index contributed by atoms with van der Waals surface area (Å²) in [7, 11) is 0. The lowest BCUT2D eigenvalue weighted by Gasteiger charge is -2.28. The van der Waals surface area contributed by atoms with Gasteiger partial charge in [0.25, 0.3) is 0 Å². The Morgan fingerprint density at radius 3 is 1.89 bits per heavy atom. The summed E-state index contributed by atoms with van der Waals surface area (Å²) in [6.07, 6.45) is 0. The summed E-state index contributed by atoms with van der Waals surface area (Å²) in [5.74, 6) is 0. The lowest BCUT2D eigenvalue weighted by atomic mass is 9.96. The van der Waals surface area contributed by atoms with Crippen molar-refractivity contribution < 1.29 is 0 Å². The Bertz CT molecular complexity index is 2520. The molecule has 44 heavy (non-hydrogen) atoms. The van der Waals surface area contributed by atoms with Gasteiger partial charge in [0.2, 0.25) is 0 Å². The molecule has 0 radical (unpaired) electrons. The van der Waals surface area contributed by atoms with E-state index >= 15 is 0 Å². The fourth-order valence-electron chi connectivity index (χ4n) is 6.79. The molecule has 0 bridgehead atoms. The van der Waals surface area contributed by atoms with Crippen LogP contribution < -0.4 is 4.90 Å². The van der Waals surface area contributed by atoms with E-state index in [0.29, 0.717) is 0 Å². The van der Waals surface area contributed by atoms with Crippen molar-refractivity contribution in [3.63, 3.8) is 0 Å². The molecule has 0 spiro atoms. The fraction of sp³-hybridized carbons (Fsp3) is 0. The molecule has 0 saturated carbocycles. The van der Waals surface area contributed by atoms with E-state index in [1.165, 1.54) is 69.3 Å². The van der Waals surface area contributed by atoms with Crippen LogP contribution in [0.1, 0.15) is 0 Å². The third-order valence-electron chi connectivity index (χ3n) is 8.81. The van der Waals surface area contributed by atoms with E-state index in [9.17, 15) is 0 Å². The minimum atomic E-state index is 1.14. The summed E-state index contributed by atoms with van der Waals surface area (Å²) in [6.45, 7) is 0. The first-order valence-electron chi connectivity index (χ1n) is 15.0. The number of thiophene rings is 1. The molecule has 0 fully saturated rings. The van der Waals surface area contributed by atoms with Crippen molar-refractivity contribution in [1.82, 2.24) is 0 Å². The molecule has 1 nitrogen and oxygen atoms in total. The third-order valence-corrected chi connectivity index (χ3v) is 9.95. The zero-order chi connectivity index (χ0) is 29.0. The monoisotopic (exact) mass is 577 g/mol. The van der Waals surface area contributed by atoms with E-state index in [1.54, 1.807) is 0 Å². The minimum Gasteiger partial charge on any atom is -0.310 e. The van der Waals surface area contributed by atoms with Gasteiger partial charge in [0, 0.05) is 36.9 Å². The van der Waals surface area contributed by atoms with Crippen molar-refractivity contribution in [3.8, 4) is 11.1 Å². The number of hydrogen-bond acceptors (Lipinski definition) is 2. The first-order chi connectivity index (χ1) is 21.8. The second kappa shape index (κ2) is 10.1. The summed E-state index contributed by atoms with van der Waals surface area (Å²) < 4.78 is 2.62. The van der Waals surface area contributed by atoms with Crippen LogP contribution in [0.25, 0.3) is 63.6 Å². The van der Waals surface area contributed by atoms with Crippen molar-refractivity contribution in [2.24, 2.45) is 0 Å². The Morgan fingerprint density at radius 1 is 0.364 bits per heavy atom. The maximum absolute atomic E-state index is 2.45. The van der Waals surface area contributed by atoms with Crippen molar-refractivity contribution in [2.75, 3.05) is 4.90 Å². The number of anilines is 3. The van der Waals surface area contributed by atoms with Crippen LogP contribution in [0.3, 0.4) is 0 Å². The highest BCUT2D eigenvalue weighted by Gasteiger charge is 2.19. The maximum Gasteiger partial charge on any atom is 0.0546 e. The third kappa shape index (κ3) is 4.00. The minimum absolute atomic E-state index is 1.14. The smallest absolute Gasteiger partial charge is 0.0546 e. The number of rotatable bonds is 4. The van der Waals surface area contributed by atoms with Crippen LogP contribution in [0, 0.1) is 0 Å². The zero-order valence-corrected chi connectivity index (χ0v) is 24.8. The van der Waals surface area contributed by atoms with Crippen LogP contribution in [0.15, 0.2) is 164 Å². The largest absolute Gasteiger partial charge is 0.310 e. The molecule has 0 aliphatic carbocycles. The first kappa shape index (κ1) is 25.1. The lowest BCUT2D eigenvalue weighted by molar-refractivity contribution is 1.31. The summed E-state index contributed by atoms with van der Waals surface area (Å²) in [6, 6.07) is 59.8. The highest BCUT2D eigenvalue weighted by molar-refractivity contribution is 7.25. The molecule has 1 aromatic heterocycles. The van der Waals surface area contributed by atoms with Gasteiger partial charge in [-0.15, -0.1) is 11.3 Å². The highest BCUT2D eigenvalue weighted by atomic mass is 32.1. The molecular weight excluding hydrogens is 551 g/mol. The van der Waals surface area contributed by atoms with Gasteiger partial charge in [-0.1, -0.05) is 127 Å². The SMILES string of the molecule is c1cc(-c2cccc3ccccc23)cc(N(c2ccc3c(c2)sc2ccccc23)c2cc3ccccc3c3ccccc23)c1. The second-order valence-corrected chi connectivity index (χ2v) is 12.4. The maximum atomic E-state index is 2.45. The molecule has 1 heterocycles. The molecule has 0 unspecified atom stereocenters. The quantitative estimate of drug-likeness (QED) is 0.188. The molecule has 206 valence electrons. The van der Waals surface area contributed by atoms with Crippen LogP contribution in [0.2, 0.25) is 0 Å². The molecule has 9 rings (SSSR count). The van der Waals surface area contributed by atoms with E-state index in [0.717, 1.165) is 11.4 Å². The van der Waals surface area contributed by atoms with Crippen LogP contribution in [0.4, 0.5) is 17.1 Å². The molecule has 0 atom stereocenters. The Balaban J connectivity index is 1.33. The van der Waals surface area contributed by atoms with Crippen LogP contribution >= 0.6 is 11.3 Å². The summed E-state index contributed by atoms with van der Waals surface area (Å²) in [5.41, 5.74) is 5.91. The predicted octanol–water partition coefficient (Wildman–Crippen LogP) is 12.7. The number of hydrogen-bond donors (Lipinski definition) is 0. The summed E-state index contributed by atoms with van der Waals surface area (Å²) in [5, 5.41) is 10.2. The van der Waals surface area contributed by atoms with Crippen molar-refractivity contribution >= 4 is 80.9 Å². The fourth-order valence-corrected chi connectivity index (χ4v) is 7.93. The first-order valence-corrected chi connectivity index (χ1v) is 15.8. The molecule has 0 saturated heterocycles. The highest BCUT2D eigenvalue weighted by Crippen LogP contribution is 2.45. The van der Waals surface area contributed by atoms with Gasteiger partial charge < -0.3 is 4.90 Å². The van der Waals surface area contributed by atoms with E-state index in [4.69, 9.17) is 0 Å². The standard InChI is InChI=1S/C42H27NS/c1-3-16-33-28(11-1)13-10-21-34(33)29-14-9-15-31(25-29)43(32-23-24-39-38-20-7-8-22-41(38)44-42(39)27-32)40-26-30-12-2-4-17-35(30)36-18-5-6-19-37(36)40/h1-27H. The van der Waals surface area contributed by atoms with Crippen LogP contribution in [-0.4, -0.2) is 0 Å². The van der Waals surface area contributed by atoms with Gasteiger partial charge in [-0.05, 0) is 74.5 Å². The van der Waals surface area contributed by atoms with Gasteiger partial charge in [-0.3, -0.25) is 0 Å². The van der Waals surface area contributed by atoms with Gasteiger partial charge in [-0.2, -0.15) is 0 Å². The average molecular weight is 578 g/mol. The molecule has 2 heteroatoms. The van der Waals surface area contributed by atoms with Crippen LogP contribution in [-0.2, 0) is 0 Å². The average Bonchev–Trinajstić information content (AvgIpc) is 3.46. The summed E-state index contributed by atoms with van der Waals surface area (Å²) >= 11 is 1.86. The Morgan fingerprint density at radius 2 is 1.00 bits per heavy atom. The van der Waals surface area contributed by atoms with Gasteiger partial charge in [-0.25, -0.2) is 0 Å². The Hall–Kier alpha value is -5.44. The van der Waals surface area contributed by atoms with E-state index in [2.05, 4.69) is 169 Å². The van der Waals surface area contributed by atoms with Crippen molar-refractivity contribution in [1.29, 1.82) is 0 Å². The summed E-state index contributed by atoms with van der Waals surface area (Å²) in [4.78, 5) is 2.45. The molecule has 0 aliphatic heterocycles. The number of fused-ring (bicyclic) bond motifs is 7. The predicted molar refractivity (Wildman–Crippen MR) is 192 cm³/mol. The van der Waals surface area contributed by atoms with Gasteiger partial charge >= 0.3 is 0 Å². The van der Waals surface area contributed by atoms with E-state index in [-0.39, 0.29) is 0 Å². The number of nitrogens with zero attached hydrogens (tertiary/aromatic N) is 1. The molecule has 0 amide bonds. The molecule has 0 aliphatic rings.